The van der Waals surface area contributed by atoms with Crippen LogP contribution in [0.25, 0.3) is 0 Å². The van der Waals surface area contributed by atoms with Gasteiger partial charge in [0.15, 0.2) is 0 Å². The molecule has 1 aliphatic carbocycles. The summed E-state index contributed by atoms with van der Waals surface area (Å²) in [6.07, 6.45) is 4.11. The zero-order valence-corrected chi connectivity index (χ0v) is 17.0. The molecule has 2 fully saturated rings. The van der Waals surface area contributed by atoms with E-state index in [4.69, 9.17) is 0 Å². The maximum Gasteiger partial charge on any atom is 0.321 e. The van der Waals surface area contributed by atoms with E-state index in [2.05, 4.69) is 10.6 Å². The maximum atomic E-state index is 12.7. The first kappa shape index (κ1) is 20.8. The predicted octanol–water partition coefficient (Wildman–Crippen LogP) is 1.15. The Bertz CT molecular complexity index is 785. The zero-order chi connectivity index (χ0) is 20.1. The van der Waals surface area contributed by atoms with Crippen LogP contribution in [0.1, 0.15) is 32.6 Å². The fourth-order valence-corrected chi connectivity index (χ4v) is 5.19. The van der Waals surface area contributed by atoms with Gasteiger partial charge in [0.1, 0.15) is 0 Å². The number of hydrogen-bond donors (Lipinski definition) is 2. The van der Waals surface area contributed by atoms with Crippen molar-refractivity contribution in [3.8, 4) is 0 Å². The fraction of sp³-hybridized carbons (Fsp3) is 0.579. The number of carbonyl (C=O) groups excluding carboxylic acids is 2. The minimum absolute atomic E-state index is 0.148. The minimum atomic E-state index is -3.52. The average Bonchev–Trinajstić information content (AvgIpc) is 3.21. The molecule has 8 nitrogen and oxygen atoms in total. The van der Waals surface area contributed by atoms with Crippen molar-refractivity contribution in [1.29, 1.82) is 0 Å². The molecule has 1 aliphatic heterocycles. The van der Waals surface area contributed by atoms with Gasteiger partial charge in [0.2, 0.25) is 15.9 Å². The Morgan fingerprint density at radius 1 is 1.04 bits per heavy atom. The van der Waals surface area contributed by atoms with E-state index in [-0.39, 0.29) is 16.8 Å². The van der Waals surface area contributed by atoms with E-state index in [1.54, 1.807) is 37.3 Å². The summed E-state index contributed by atoms with van der Waals surface area (Å²) in [6.45, 7) is 3.22. The van der Waals surface area contributed by atoms with Gasteiger partial charge < -0.3 is 5.32 Å². The lowest BCUT2D eigenvalue weighted by Gasteiger charge is -2.36. The van der Waals surface area contributed by atoms with Crippen LogP contribution >= 0.6 is 0 Å². The normalized spacial score (nSPS) is 20.6. The zero-order valence-electron chi connectivity index (χ0n) is 16.1. The number of rotatable bonds is 5. The van der Waals surface area contributed by atoms with Crippen molar-refractivity contribution in [3.05, 3.63) is 30.3 Å². The van der Waals surface area contributed by atoms with E-state index in [0.29, 0.717) is 26.2 Å². The molecule has 1 saturated carbocycles. The summed E-state index contributed by atoms with van der Waals surface area (Å²) < 4.78 is 26.8. The number of carbonyl (C=O) groups is 2. The first-order valence-electron chi connectivity index (χ1n) is 9.78. The van der Waals surface area contributed by atoms with Crippen LogP contribution in [0.2, 0.25) is 0 Å². The standard InChI is InChI=1S/C19H28N4O4S/c1-15(18(24)21-19(25)20-16-7-5-6-8-16)22-11-13-23(14-12-22)28(26,27)17-9-3-2-4-10-17/h2-4,9-10,15-16H,5-8,11-14H2,1H3,(H2,20,21,24,25)/t15-/m1/s1. The molecule has 0 unspecified atom stereocenters. The number of amides is 3. The first-order chi connectivity index (χ1) is 13.4. The summed E-state index contributed by atoms with van der Waals surface area (Å²) in [4.78, 5) is 26.5. The molecular formula is C19H28N4O4S. The van der Waals surface area contributed by atoms with Gasteiger partial charge in [-0.2, -0.15) is 4.31 Å². The Labute approximate surface area is 166 Å². The second-order valence-electron chi connectivity index (χ2n) is 7.37. The molecule has 28 heavy (non-hydrogen) atoms. The van der Waals surface area contributed by atoms with Gasteiger partial charge in [-0.05, 0) is 31.9 Å². The Balaban J connectivity index is 1.49. The Hall–Kier alpha value is -1.97. The second kappa shape index (κ2) is 9.02. The van der Waals surface area contributed by atoms with E-state index in [0.717, 1.165) is 25.7 Å². The van der Waals surface area contributed by atoms with Crippen LogP contribution in [-0.2, 0) is 14.8 Å². The highest BCUT2D eigenvalue weighted by molar-refractivity contribution is 7.89. The quantitative estimate of drug-likeness (QED) is 0.762. The van der Waals surface area contributed by atoms with Crippen molar-refractivity contribution in [2.24, 2.45) is 0 Å². The van der Waals surface area contributed by atoms with Gasteiger partial charge in [-0.3, -0.25) is 15.0 Å². The van der Waals surface area contributed by atoms with Crippen molar-refractivity contribution in [2.45, 2.75) is 49.6 Å². The molecule has 154 valence electrons. The molecule has 1 heterocycles. The Morgan fingerprint density at radius 3 is 2.25 bits per heavy atom. The van der Waals surface area contributed by atoms with Gasteiger partial charge >= 0.3 is 6.03 Å². The van der Waals surface area contributed by atoms with Crippen molar-refractivity contribution >= 4 is 22.0 Å². The summed E-state index contributed by atoms with van der Waals surface area (Å²) in [5, 5.41) is 5.24. The molecule has 1 aromatic carbocycles. The number of nitrogens with zero attached hydrogens (tertiary/aromatic N) is 2. The predicted molar refractivity (Wildman–Crippen MR) is 105 cm³/mol. The van der Waals surface area contributed by atoms with Crippen LogP contribution in [0.4, 0.5) is 4.79 Å². The molecule has 0 radical (unpaired) electrons. The highest BCUT2D eigenvalue weighted by Crippen LogP contribution is 2.19. The molecule has 0 aromatic heterocycles. The first-order valence-corrected chi connectivity index (χ1v) is 11.2. The molecule has 0 bridgehead atoms. The lowest BCUT2D eigenvalue weighted by molar-refractivity contribution is -0.125. The van der Waals surface area contributed by atoms with E-state index in [1.807, 2.05) is 4.90 Å². The fourth-order valence-electron chi connectivity index (χ4n) is 3.75. The van der Waals surface area contributed by atoms with Crippen LogP contribution in [0.5, 0.6) is 0 Å². The lowest BCUT2D eigenvalue weighted by Crippen LogP contribution is -2.56. The molecular weight excluding hydrogens is 380 g/mol. The molecule has 1 saturated heterocycles. The van der Waals surface area contributed by atoms with E-state index >= 15 is 0 Å². The van der Waals surface area contributed by atoms with Crippen molar-refractivity contribution in [3.63, 3.8) is 0 Å². The highest BCUT2D eigenvalue weighted by Gasteiger charge is 2.32. The van der Waals surface area contributed by atoms with Gasteiger partial charge in [0, 0.05) is 32.2 Å². The molecule has 3 amide bonds. The summed E-state index contributed by atoms with van der Waals surface area (Å²) in [7, 11) is -3.52. The summed E-state index contributed by atoms with van der Waals surface area (Å²) in [6, 6.07) is 7.54. The third-order valence-electron chi connectivity index (χ3n) is 5.51. The average molecular weight is 409 g/mol. The van der Waals surface area contributed by atoms with Gasteiger partial charge in [0.05, 0.1) is 10.9 Å². The van der Waals surface area contributed by atoms with Gasteiger partial charge in [-0.1, -0.05) is 31.0 Å². The molecule has 2 aliphatic rings. The van der Waals surface area contributed by atoms with Crippen LogP contribution in [-0.4, -0.2) is 67.8 Å². The van der Waals surface area contributed by atoms with Crippen molar-refractivity contribution < 1.29 is 18.0 Å². The number of piperazine rings is 1. The second-order valence-corrected chi connectivity index (χ2v) is 9.31. The molecule has 1 aromatic rings. The molecule has 1 atom stereocenters. The summed E-state index contributed by atoms with van der Waals surface area (Å²) >= 11 is 0. The third-order valence-corrected chi connectivity index (χ3v) is 7.42. The van der Waals surface area contributed by atoms with E-state index in [9.17, 15) is 18.0 Å². The smallest absolute Gasteiger partial charge is 0.321 e. The number of sulfonamides is 1. The topological polar surface area (TPSA) is 98.8 Å². The highest BCUT2D eigenvalue weighted by atomic mass is 32.2. The Morgan fingerprint density at radius 2 is 1.64 bits per heavy atom. The minimum Gasteiger partial charge on any atom is -0.335 e. The lowest BCUT2D eigenvalue weighted by atomic mass is 10.2. The molecule has 3 rings (SSSR count). The van der Waals surface area contributed by atoms with E-state index in [1.165, 1.54) is 4.31 Å². The van der Waals surface area contributed by atoms with E-state index < -0.39 is 22.1 Å². The van der Waals surface area contributed by atoms with Crippen molar-refractivity contribution in [1.82, 2.24) is 19.8 Å². The largest absolute Gasteiger partial charge is 0.335 e. The number of urea groups is 1. The maximum absolute atomic E-state index is 12.7. The van der Waals surface area contributed by atoms with Crippen LogP contribution in [0.3, 0.4) is 0 Å². The molecule has 2 N–H and O–H groups in total. The molecule has 9 heteroatoms. The van der Waals surface area contributed by atoms with Crippen LogP contribution < -0.4 is 10.6 Å². The van der Waals surface area contributed by atoms with Gasteiger partial charge in [0.25, 0.3) is 0 Å². The third kappa shape index (κ3) is 4.89. The van der Waals surface area contributed by atoms with Crippen LogP contribution in [0.15, 0.2) is 35.2 Å². The van der Waals surface area contributed by atoms with Gasteiger partial charge in [-0.15, -0.1) is 0 Å². The SMILES string of the molecule is C[C@H](C(=O)NC(=O)NC1CCCC1)N1CCN(S(=O)(=O)c2ccccc2)CC1. The number of benzene rings is 1. The Kier molecular flexibility index (Phi) is 6.69. The monoisotopic (exact) mass is 408 g/mol. The number of imide groups is 1. The summed E-state index contributed by atoms with van der Waals surface area (Å²) in [5.41, 5.74) is 0. The van der Waals surface area contributed by atoms with Crippen LogP contribution in [0, 0.1) is 0 Å². The van der Waals surface area contributed by atoms with Crippen molar-refractivity contribution in [2.75, 3.05) is 26.2 Å². The number of hydrogen-bond acceptors (Lipinski definition) is 5. The number of nitrogens with one attached hydrogen (secondary N) is 2. The summed E-state index contributed by atoms with van der Waals surface area (Å²) in [5.74, 6) is -0.366. The molecule has 0 spiro atoms. The van der Waals surface area contributed by atoms with Gasteiger partial charge in [-0.25, -0.2) is 13.2 Å².